The number of rotatable bonds is 0. The molecule has 0 spiro atoms. The van der Waals surface area contributed by atoms with E-state index in [0.717, 1.165) is 53.3 Å². The highest BCUT2D eigenvalue weighted by molar-refractivity contribution is 4.50. The molecule has 8 nitrogen and oxygen atoms in total. The summed E-state index contributed by atoms with van der Waals surface area (Å²) in [5, 5.41) is 25.7. The molecule has 1 heterocycles. The van der Waals surface area contributed by atoms with Gasteiger partial charge in [-0.25, -0.2) is 0 Å². The Hall–Kier alpha value is -0.320. The van der Waals surface area contributed by atoms with Crippen molar-refractivity contribution in [3.8, 4) is 0 Å². The molecular formula is C8H24N8. The quantitative estimate of drug-likeness (QED) is 0.217. The first kappa shape index (κ1) is 13.7. The van der Waals surface area contributed by atoms with E-state index < -0.39 is 0 Å². The molecule has 0 amide bonds. The second-order valence-corrected chi connectivity index (χ2v) is 3.41. The molecule has 0 aromatic heterocycles. The molecule has 1 fully saturated rings. The summed E-state index contributed by atoms with van der Waals surface area (Å²) in [5.74, 6) is 0. The van der Waals surface area contributed by atoms with Crippen molar-refractivity contribution in [1.82, 2.24) is 42.5 Å². The summed E-state index contributed by atoms with van der Waals surface area (Å²) in [7, 11) is 0. The lowest BCUT2D eigenvalue weighted by Crippen LogP contribution is -2.47. The van der Waals surface area contributed by atoms with Crippen molar-refractivity contribution in [1.29, 1.82) is 0 Å². The van der Waals surface area contributed by atoms with Crippen LogP contribution < -0.4 is 42.5 Å². The summed E-state index contributed by atoms with van der Waals surface area (Å²) in [4.78, 5) is 0. The van der Waals surface area contributed by atoms with E-state index in [2.05, 4.69) is 42.5 Å². The molecule has 96 valence electrons. The Kier molecular flexibility index (Phi) is 9.60. The molecule has 0 saturated carbocycles. The minimum Gasteiger partial charge on any atom is -0.292 e. The van der Waals surface area contributed by atoms with Gasteiger partial charge in [0.2, 0.25) is 0 Å². The van der Waals surface area contributed by atoms with Gasteiger partial charge in [-0.15, -0.1) is 0 Å². The van der Waals surface area contributed by atoms with Gasteiger partial charge in [0.05, 0.1) is 0 Å². The van der Waals surface area contributed by atoms with Gasteiger partial charge < -0.3 is 0 Å². The lowest BCUT2D eigenvalue weighted by atomic mass is 10.8. The van der Waals surface area contributed by atoms with Gasteiger partial charge in [0.1, 0.15) is 0 Å². The highest BCUT2D eigenvalue weighted by Crippen LogP contribution is 1.57. The lowest BCUT2D eigenvalue weighted by molar-refractivity contribution is 0.443. The van der Waals surface area contributed by atoms with Crippen LogP contribution in [0.1, 0.15) is 0 Å². The average Bonchev–Trinajstić information content (AvgIpc) is 2.29. The Balaban J connectivity index is 2.00. The van der Waals surface area contributed by atoms with Crippen LogP contribution in [0.4, 0.5) is 0 Å². The van der Waals surface area contributed by atoms with Crippen LogP contribution in [0.25, 0.3) is 0 Å². The zero-order valence-corrected chi connectivity index (χ0v) is 9.66. The van der Waals surface area contributed by atoms with Gasteiger partial charge in [-0.05, 0) is 0 Å². The van der Waals surface area contributed by atoms with Crippen molar-refractivity contribution in [3.05, 3.63) is 0 Å². The molecule has 0 aromatic rings. The first-order valence-electron chi connectivity index (χ1n) is 5.66. The molecule has 16 heavy (non-hydrogen) atoms. The monoisotopic (exact) mass is 232 g/mol. The van der Waals surface area contributed by atoms with E-state index in [0.29, 0.717) is 0 Å². The van der Waals surface area contributed by atoms with E-state index >= 15 is 0 Å². The highest BCUT2D eigenvalue weighted by Gasteiger charge is 1.90. The van der Waals surface area contributed by atoms with Crippen molar-refractivity contribution in [3.63, 3.8) is 0 Å². The third-order valence-electron chi connectivity index (χ3n) is 2.00. The molecule has 1 rings (SSSR count). The fraction of sp³-hybridized carbons (Fsp3) is 1.00. The predicted octanol–water partition coefficient (Wildman–Crippen LogP) is -3.62. The van der Waals surface area contributed by atoms with Crippen LogP contribution in [0, 0.1) is 0 Å². The Morgan fingerprint density at radius 3 is 0.500 bits per heavy atom. The van der Waals surface area contributed by atoms with Crippen molar-refractivity contribution >= 4 is 0 Å². The number of hydrogen-bond acceptors (Lipinski definition) is 8. The lowest BCUT2D eigenvalue weighted by Gasteiger charge is -2.13. The predicted molar refractivity (Wildman–Crippen MR) is 64.0 cm³/mol. The largest absolute Gasteiger partial charge is 0.292 e. The molecule has 1 aliphatic heterocycles. The molecule has 0 unspecified atom stereocenters. The summed E-state index contributed by atoms with van der Waals surface area (Å²) in [6, 6.07) is 0. The summed E-state index contributed by atoms with van der Waals surface area (Å²) in [5.41, 5.74) is 0. The van der Waals surface area contributed by atoms with Crippen LogP contribution in [0.15, 0.2) is 0 Å². The third kappa shape index (κ3) is 8.95. The first-order valence-corrected chi connectivity index (χ1v) is 5.66. The Morgan fingerprint density at radius 1 is 0.250 bits per heavy atom. The van der Waals surface area contributed by atoms with Gasteiger partial charge in [-0.1, -0.05) is 0 Å². The zero-order chi connectivity index (χ0) is 11.3. The standard InChI is InChI=1S/C8H24N8/c1-9-2-11-4-13-6-15-8-16-7-14-5-12-3-10-1/h9-16H,1-8H2. The summed E-state index contributed by atoms with van der Waals surface area (Å²) >= 11 is 0. The first-order chi connectivity index (χ1) is 8.00. The molecule has 0 radical (unpaired) electrons. The van der Waals surface area contributed by atoms with Crippen molar-refractivity contribution in [2.45, 2.75) is 0 Å². The maximum absolute atomic E-state index is 3.21. The second-order valence-electron chi connectivity index (χ2n) is 3.41. The molecule has 1 aliphatic rings. The summed E-state index contributed by atoms with van der Waals surface area (Å²) in [6.45, 7) is 6.31. The van der Waals surface area contributed by atoms with Crippen LogP contribution in [-0.4, -0.2) is 53.3 Å². The van der Waals surface area contributed by atoms with Crippen LogP contribution in [0.3, 0.4) is 0 Å². The topological polar surface area (TPSA) is 96.2 Å². The van der Waals surface area contributed by atoms with Crippen molar-refractivity contribution < 1.29 is 0 Å². The van der Waals surface area contributed by atoms with Gasteiger partial charge in [-0.3, -0.25) is 42.5 Å². The Bertz CT molecular complexity index is 80.0. The Morgan fingerprint density at radius 2 is 0.375 bits per heavy atom. The number of hydrogen-bond donors (Lipinski definition) is 8. The highest BCUT2D eigenvalue weighted by atomic mass is 15.3. The van der Waals surface area contributed by atoms with Crippen LogP contribution >= 0.6 is 0 Å². The zero-order valence-electron chi connectivity index (χ0n) is 9.66. The molecule has 8 N–H and O–H groups in total. The normalized spacial score (nSPS) is 24.0. The maximum atomic E-state index is 3.21. The maximum Gasteiger partial charge on any atom is 0.0474 e. The van der Waals surface area contributed by atoms with Gasteiger partial charge in [0.25, 0.3) is 0 Å². The fourth-order valence-electron chi connectivity index (χ4n) is 1.21. The second kappa shape index (κ2) is 11.2. The van der Waals surface area contributed by atoms with Gasteiger partial charge in [0, 0.05) is 53.3 Å². The molecule has 0 aromatic carbocycles. The van der Waals surface area contributed by atoms with Crippen LogP contribution in [0.5, 0.6) is 0 Å². The van der Waals surface area contributed by atoms with E-state index in [1.54, 1.807) is 0 Å². The summed E-state index contributed by atoms with van der Waals surface area (Å²) in [6.07, 6.45) is 0. The van der Waals surface area contributed by atoms with Crippen molar-refractivity contribution in [2.75, 3.05) is 53.3 Å². The van der Waals surface area contributed by atoms with Crippen LogP contribution in [-0.2, 0) is 0 Å². The van der Waals surface area contributed by atoms with Gasteiger partial charge >= 0.3 is 0 Å². The van der Waals surface area contributed by atoms with Crippen molar-refractivity contribution in [2.24, 2.45) is 0 Å². The average molecular weight is 232 g/mol. The molecule has 0 aliphatic carbocycles. The molecule has 1 saturated heterocycles. The summed E-state index contributed by atoms with van der Waals surface area (Å²) < 4.78 is 0. The molecule has 8 heteroatoms. The van der Waals surface area contributed by atoms with E-state index in [4.69, 9.17) is 0 Å². The third-order valence-corrected chi connectivity index (χ3v) is 2.00. The van der Waals surface area contributed by atoms with E-state index in [-0.39, 0.29) is 0 Å². The van der Waals surface area contributed by atoms with E-state index in [1.165, 1.54) is 0 Å². The minimum absolute atomic E-state index is 0.788. The Labute approximate surface area is 96.7 Å². The van der Waals surface area contributed by atoms with E-state index in [1.807, 2.05) is 0 Å². The smallest absolute Gasteiger partial charge is 0.0474 e. The minimum atomic E-state index is 0.788. The molecular weight excluding hydrogens is 208 g/mol. The molecule has 0 atom stereocenters. The van der Waals surface area contributed by atoms with E-state index in [9.17, 15) is 0 Å². The van der Waals surface area contributed by atoms with Gasteiger partial charge in [-0.2, -0.15) is 0 Å². The number of nitrogens with one attached hydrogen (secondary N) is 8. The fourth-order valence-corrected chi connectivity index (χ4v) is 1.21. The van der Waals surface area contributed by atoms with Gasteiger partial charge in [0.15, 0.2) is 0 Å². The molecule has 0 bridgehead atoms. The SMILES string of the molecule is C1NCNCNCNCNCNCNCN1. The van der Waals surface area contributed by atoms with Crippen LogP contribution in [0.2, 0.25) is 0 Å².